The van der Waals surface area contributed by atoms with E-state index >= 15 is 0 Å². The summed E-state index contributed by atoms with van der Waals surface area (Å²) in [7, 11) is -7.61. The summed E-state index contributed by atoms with van der Waals surface area (Å²) in [5.74, 6) is 0. The Kier molecular flexibility index (Phi) is 28.5. The molecule has 0 bridgehead atoms. The van der Waals surface area contributed by atoms with Gasteiger partial charge in [-0.1, -0.05) is 39.5 Å². The first-order valence-electron chi connectivity index (χ1n) is 14.6. The van der Waals surface area contributed by atoms with Crippen LogP contribution in [-0.4, -0.2) is 87.0 Å². The molecular formula is C24H72O5Si8. The Bertz CT molecular complexity index is 483. The van der Waals surface area contributed by atoms with E-state index in [2.05, 4.69) is 105 Å². The van der Waals surface area contributed by atoms with Crippen LogP contribution >= 0.6 is 0 Å². The first kappa shape index (κ1) is 45.5. The highest BCUT2D eigenvalue weighted by Crippen LogP contribution is 2.14. The zero-order valence-corrected chi connectivity index (χ0v) is 37.8. The summed E-state index contributed by atoms with van der Waals surface area (Å²) in [5.41, 5.74) is 0. The smallest absolute Gasteiger partial charge is 0.183 e. The molecule has 0 saturated carbocycles. The molecule has 1 unspecified atom stereocenters. The third-order valence-corrected chi connectivity index (χ3v) is 28.5. The van der Waals surface area contributed by atoms with Crippen LogP contribution in [0.15, 0.2) is 0 Å². The van der Waals surface area contributed by atoms with Gasteiger partial charge in [0, 0.05) is 13.2 Å². The van der Waals surface area contributed by atoms with Gasteiger partial charge >= 0.3 is 0 Å². The standard InChI is InChI=1S/C8H26O2Si4.C6H18OSi2.2C5H14OSi/c1-11-9-14(5,6)8-7-12-10-13(2,3)4;1-5-6-8(7)9(2,3)4;2*1-5-6-7(2,3)4/h7-8,11-12H2,1-6H3;7-8H,5-6H2,1-4H3;2*5H2,1-4H3. The Morgan fingerprint density at radius 3 is 1.24 bits per heavy atom. The first-order chi connectivity index (χ1) is 16.4. The third-order valence-electron chi connectivity index (χ3n) is 4.71. The highest BCUT2D eigenvalue weighted by molar-refractivity contribution is 7.28. The predicted octanol–water partition coefficient (Wildman–Crippen LogP) is 6.94. The van der Waals surface area contributed by atoms with Crippen LogP contribution in [0.5, 0.6) is 0 Å². The summed E-state index contributed by atoms with van der Waals surface area (Å²) in [4.78, 5) is 9.59. The minimum Gasteiger partial charge on any atom is -0.461 e. The van der Waals surface area contributed by atoms with Crippen LogP contribution in [0.4, 0.5) is 0 Å². The summed E-state index contributed by atoms with van der Waals surface area (Å²) < 4.78 is 22.6. The van der Waals surface area contributed by atoms with Crippen LogP contribution in [0.2, 0.25) is 116 Å². The van der Waals surface area contributed by atoms with Crippen molar-refractivity contribution in [3.8, 4) is 0 Å². The normalized spacial score (nSPS) is 14.0. The van der Waals surface area contributed by atoms with Crippen LogP contribution in [0.1, 0.15) is 27.2 Å². The van der Waals surface area contributed by atoms with Gasteiger partial charge in [-0.15, -0.1) is 0 Å². The van der Waals surface area contributed by atoms with E-state index in [9.17, 15) is 4.80 Å². The second-order valence-corrected chi connectivity index (χ2v) is 48.8. The van der Waals surface area contributed by atoms with Crippen molar-refractivity contribution in [1.82, 2.24) is 0 Å². The maximum atomic E-state index is 9.59. The number of hydrogen-bond acceptors (Lipinski definition) is 5. The average Bonchev–Trinajstić information content (AvgIpc) is 2.64. The van der Waals surface area contributed by atoms with Crippen molar-refractivity contribution >= 4 is 68.9 Å². The summed E-state index contributed by atoms with van der Waals surface area (Å²) in [6, 6.07) is 3.75. The third kappa shape index (κ3) is 47.7. The molecule has 0 aliphatic heterocycles. The lowest BCUT2D eigenvalue weighted by Gasteiger charge is -2.23. The van der Waals surface area contributed by atoms with E-state index in [0.29, 0.717) is 0 Å². The maximum absolute atomic E-state index is 9.59. The van der Waals surface area contributed by atoms with Crippen molar-refractivity contribution < 1.29 is 21.9 Å². The van der Waals surface area contributed by atoms with Crippen molar-refractivity contribution in [2.24, 2.45) is 0 Å². The van der Waals surface area contributed by atoms with E-state index in [-0.39, 0.29) is 19.5 Å². The van der Waals surface area contributed by atoms with Gasteiger partial charge < -0.3 is 21.9 Å². The molecule has 0 heterocycles. The highest BCUT2D eigenvalue weighted by Gasteiger charge is 2.25. The quantitative estimate of drug-likeness (QED) is 0.161. The van der Waals surface area contributed by atoms with E-state index in [1.807, 2.05) is 13.8 Å². The van der Waals surface area contributed by atoms with Gasteiger partial charge in [0.1, 0.15) is 19.5 Å². The van der Waals surface area contributed by atoms with Gasteiger partial charge in [0.15, 0.2) is 41.8 Å². The van der Waals surface area contributed by atoms with Gasteiger partial charge in [0.05, 0.1) is 7.59 Å². The van der Waals surface area contributed by atoms with Gasteiger partial charge in [0.25, 0.3) is 0 Å². The Hall–Kier alpha value is 1.54. The molecule has 37 heavy (non-hydrogen) atoms. The largest absolute Gasteiger partial charge is 0.461 e. The molecular weight excluding hydrogens is 593 g/mol. The maximum Gasteiger partial charge on any atom is 0.183 e. The fraction of sp³-hybridized carbons (Fsp3) is 1.00. The van der Waals surface area contributed by atoms with Crippen molar-refractivity contribution in [2.45, 2.75) is 144 Å². The average molecular weight is 666 g/mol. The molecule has 0 spiro atoms. The molecule has 0 aromatic rings. The van der Waals surface area contributed by atoms with Crippen LogP contribution in [-0.2, 0) is 17.1 Å². The van der Waals surface area contributed by atoms with Crippen LogP contribution < -0.4 is 0 Å². The Labute approximate surface area is 246 Å². The fourth-order valence-electron chi connectivity index (χ4n) is 2.91. The fourth-order valence-corrected chi connectivity index (χ4v) is 20.2. The van der Waals surface area contributed by atoms with Crippen molar-refractivity contribution in [2.75, 3.05) is 13.2 Å². The van der Waals surface area contributed by atoms with E-state index in [4.69, 9.17) is 17.1 Å². The molecule has 13 heteroatoms. The van der Waals surface area contributed by atoms with Crippen molar-refractivity contribution in [3.05, 3.63) is 0 Å². The molecule has 0 saturated heterocycles. The van der Waals surface area contributed by atoms with Crippen LogP contribution in [0.25, 0.3) is 0 Å². The van der Waals surface area contributed by atoms with Crippen LogP contribution in [0, 0.1) is 0 Å². The topological polar surface area (TPSA) is 57.2 Å². The van der Waals surface area contributed by atoms with E-state index < -0.39 is 49.4 Å². The second-order valence-electron chi connectivity index (χ2n) is 14.0. The summed E-state index contributed by atoms with van der Waals surface area (Å²) in [6.07, 6.45) is 1.16. The van der Waals surface area contributed by atoms with E-state index in [1.54, 1.807) is 0 Å². The minimum atomic E-state index is -1.27. The highest BCUT2D eigenvalue weighted by atomic mass is 29.2. The first-order valence-corrected chi connectivity index (χ1v) is 38.2. The lowest BCUT2D eigenvalue weighted by atomic mass is 10.6. The second kappa shape index (κ2) is 23.1. The molecule has 1 atom stereocenters. The number of hydrogen-bond donors (Lipinski definition) is 1. The molecule has 1 N–H and O–H groups in total. The molecule has 0 aromatic heterocycles. The lowest BCUT2D eigenvalue weighted by molar-refractivity contribution is 0.334. The Morgan fingerprint density at radius 2 is 1.05 bits per heavy atom. The number of rotatable bonds is 14. The molecule has 0 aliphatic carbocycles. The summed E-state index contributed by atoms with van der Waals surface area (Å²) >= 11 is 0. The van der Waals surface area contributed by atoms with Crippen molar-refractivity contribution in [3.63, 3.8) is 0 Å². The van der Waals surface area contributed by atoms with Gasteiger partial charge in [0.2, 0.25) is 0 Å². The molecule has 0 amide bonds. The van der Waals surface area contributed by atoms with Gasteiger partial charge in [-0.05, 0) is 104 Å². The van der Waals surface area contributed by atoms with E-state index in [1.165, 1.54) is 12.1 Å². The minimum absolute atomic E-state index is 0.207. The molecule has 0 rings (SSSR count). The molecule has 0 aliphatic rings. The lowest BCUT2D eigenvalue weighted by Crippen LogP contribution is -2.42. The van der Waals surface area contributed by atoms with Gasteiger partial charge in [-0.25, -0.2) is 0 Å². The molecule has 0 fully saturated rings. The van der Waals surface area contributed by atoms with Crippen LogP contribution in [0.3, 0.4) is 0 Å². The molecule has 230 valence electrons. The Morgan fingerprint density at radius 1 is 0.649 bits per heavy atom. The SMILES string of the molecule is CCC[SiH](O)[Si](C)(C)C.CCO[Si](C)(C)C.CCO[Si](C)(C)C.C[SiH2]O[Si](C)(C)CC[SiH2]O[Si](C)(C)C. The molecule has 0 radical (unpaired) electrons. The van der Waals surface area contributed by atoms with Gasteiger partial charge in [-0.3, -0.25) is 0 Å². The summed E-state index contributed by atoms with van der Waals surface area (Å²) in [6.45, 7) is 41.6. The Balaban J connectivity index is -0.000000206. The van der Waals surface area contributed by atoms with E-state index in [0.717, 1.165) is 25.7 Å². The molecule has 0 aromatic carbocycles. The zero-order chi connectivity index (χ0) is 30.6. The monoisotopic (exact) mass is 664 g/mol. The van der Waals surface area contributed by atoms with Gasteiger partial charge in [-0.2, -0.15) is 0 Å². The molecule has 5 nitrogen and oxygen atoms in total. The zero-order valence-electron chi connectivity index (χ0n) is 28.8. The summed E-state index contributed by atoms with van der Waals surface area (Å²) in [5, 5.41) is 0. The predicted molar refractivity (Wildman–Crippen MR) is 193 cm³/mol. The van der Waals surface area contributed by atoms with Crippen molar-refractivity contribution in [1.29, 1.82) is 0 Å².